The number of anilines is 1. The molecule has 1 amide bonds. The third-order valence-corrected chi connectivity index (χ3v) is 3.60. The van der Waals surface area contributed by atoms with Crippen LogP contribution in [0.3, 0.4) is 0 Å². The predicted molar refractivity (Wildman–Crippen MR) is 83.3 cm³/mol. The summed E-state index contributed by atoms with van der Waals surface area (Å²) >= 11 is 6.52. The van der Waals surface area contributed by atoms with Gasteiger partial charge in [0.1, 0.15) is 0 Å². The molecule has 1 aromatic carbocycles. The Kier molecular flexibility index (Phi) is 6.83. The lowest BCUT2D eigenvalue weighted by Gasteiger charge is -2.12. The fraction of sp³-hybridized carbons (Fsp3) is 0.308. The number of aliphatic carboxylic acids is 1. The van der Waals surface area contributed by atoms with Gasteiger partial charge < -0.3 is 15.2 Å². The molecular weight excluding hydrogens is 410 g/mol. The zero-order valence-corrected chi connectivity index (χ0v) is 14.3. The largest absolute Gasteiger partial charge is 0.481 e. The maximum absolute atomic E-state index is 11.8. The van der Waals surface area contributed by atoms with Gasteiger partial charge in [-0.1, -0.05) is 15.9 Å². The molecule has 0 aliphatic heterocycles. The SMILES string of the molecule is COC(=O)c1cc(Br)cc(Br)c1NC(=O)CCCC(=O)O. The van der Waals surface area contributed by atoms with Crippen LogP contribution in [0.5, 0.6) is 0 Å². The molecule has 1 aromatic rings. The van der Waals surface area contributed by atoms with Gasteiger partial charge in [0, 0.05) is 21.8 Å². The first kappa shape index (κ1) is 17.6. The van der Waals surface area contributed by atoms with Gasteiger partial charge in [-0.25, -0.2) is 4.79 Å². The van der Waals surface area contributed by atoms with Crippen LogP contribution in [-0.2, 0) is 14.3 Å². The molecule has 0 radical (unpaired) electrons. The highest BCUT2D eigenvalue weighted by Gasteiger charge is 2.18. The van der Waals surface area contributed by atoms with Crippen LogP contribution >= 0.6 is 31.9 Å². The summed E-state index contributed by atoms with van der Waals surface area (Å²) in [4.78, 5) is 33.9. The third-order valence-electron chi connectivity index (χ3n) is 2.52. The van der Waals surface area contributed by atoms with Crippen molar-refractivity contribution in [1.82, 2.24) is 0 Å². The molecule has 0 unspecified atom stereocenters. The minimum atomic E-state index is -0.956. The Balaban J connectivity index is 2.89. The summed E-state index contributed by atoms with van der Waals surface area (Å²) in [5.74, 6) is -1.91. The van der Waals surface area contributed by atoms with Gasteiger partial charge in [0.05, 0.1) is 18.4 Å². The molecule has 0 bridgehead atoms. The highest BCUT2D eigenvalue weighted by Crippen LogP contribution is 2.31. The third kappa shape index (κ3) is 5.47. The van der Waals surface area contributed by atoms with Gasteiger partial charge in [-0.2, -0.15) is 0 Å². The smallest absolute Gasteiger partial charge is 0.340 e. The van der Waals surface area contributed by atoms with Crippen LogP contribution in [0.25, 0.3) is 0 Å². The van der Waals surface area contributed by atoms with Crippen molar-refractivity contribution in [2.75, 3.05) is 12.4 Å². The van der Waals surface area contributed by atoms with Crippen molar-refractivity contribution in [3.8, 4) is 0 Å². The van der Waals surface area contributed by atoms with Crippen LogP contribution in [0.2, 0.25) is 0 Å². The molecule has 0 saturated heterocycles. The maximum Gasteiger partial charge on any atom is 0.340 e. The normalized spacial score (nSPS) is 10.0. The predicted octanol–water partition coefficient (Wildman–Crippen LogP) is 3.19. The summed E-state index contributed by atoms with van der Waals surface area (Å²) in [5, 5.41) is 11.1. The van der Waals surface area contributed by atoms with Crippen molar-refractivity contribution in [3.05, 3.63) is 26.6 Å². The second kappa shape index (κ2) is 8.14. The lowest BCUT2D eigenvalue weighted by Crippen LogP contribution is -2.16. The molecule has 0 heterocycles. The van der Waals surface area contributed by atoms with Crippen LogP contribution < -0.4 is 5.32 Å². The van der Waals surface area contributed by atoms with Crippen molar-refractivity contribution in [1.29, 1.82) is 0 Å². The Morgan fingerprint density at radius 1 is 1.24 bits per heavy atom. The number of carbonyl (C=O) groups excluding carboxylic acids is 2. The molecule has 8 heteroatoms. The van der Waals surface area contributed by atoms with E-state index in [0.29, 0.717) is 14.6 Å². The number of nitrogens with one attached hydrogen (secondary N) is 1. The van der Waals surface area contributed by atoms with E-state index in [-0.39, 0.29) is 30.7 Å². The molecule has 0 aromatic heterocycles. The number of halogens is 2. The number of carbonyl (C=O) groups is 3. The average molecular weight is 423 g/mol. The quantitative estimate of drug-likeness (QED) is 0.686. The van der Waals surface area contributed by atoms with Crippen LogP contribution in [-0.4, -0.2) is 30.1 Å². The summed E-state index contributed by atoms with van der Waals surface area (Å²) in [6, 6.07) is 3.21. The van der Waals surface area contributed by atoms with Crippen LogP contribution in [0.4, 0.5) is 5.69 Å². The Morgan fingerprint density at radius 2 is 1.90 bits per heavy atom. The van der Waals surface area contributed by atoms with Gasteiger partial charge >= 0.3 is 11.9 Å². The van der Waals surface area contributed by atoms with E-state index in [1.807, 2.05) is 0 Å². The van der Waals surface area contributed by atoms with E-state index in [2.05, 4.69) is 41.9 Å². The van der Waals surface area contributed by atoms with E-state index in [1.165, 1.54) is 13.2 Å². The molecule has 21 heavy (non-hydrogen) atoms. The van der Waals surface area contributed by atoms with Crippen LogP contribution in [0.1, 0.15) is 29.6 Å². The van der Waals surface area contributed by atoms with Crippen molar-refractivity contribution in [2.24, 2.45) is 0 Å². The van der Waals surface area contributed by atoms with Crippen molar-refractivity contribution >= 4 is 55.4 Å². The first-order chi connectivity index (χ1) is 9.85. The van der Waals surface area contributed by atoms with E-state index < -0.39 is 11.9 Å². The van der Waals surface area contributed by atoms with E-state index in [1.54, 1.807) is 6.07 Å². The summed E-state index contributed by atoms with van der Waals surface area (Å²) < 4.78 is 5.84. The van der Waals surface area contributed by atoms with Gasteiger partial charge in [0.2, 0.25) is 5.91 Å². The number of amides is 1. The minimum absolute atomic E-state index is 0.0510. The molecule has 0 aliphatic carbocycles. The highest BCUT2D eigenvalue weighted by molar-refractivity contribution is 9.11. The Labute approximate surface area is 138 Å². The van der Waals surface area contributed by atoms with Gasteiger partial charge in [-0.05, 0) is 34.5 Å². The van der Waals surface area contributed by atoms with Gasteiger partial charge in [0.15, 0.2) is 0 Å². The number of esters is 1. The minimum Gasteiger partial charge on any atom is -0.481 e. The van der Waals surface area contributed by atoms with Crippen LogP contribution in [0.15, 0.2) is 21.1 Å². The van der Waals surface area contributed by atoms with E-state index >= 15 is 0 Å². The lowest BCUT2D eigenvalue weighted by atomic mass is 10.1. The first-order valence-corrected chi connectivity index (χ1v) is 7.52. The molecule has 0 aliphatic rings. The summed E-state index contributed by atoms with van der Waals surface area (Å²) in [5.41, 5.74) is 0.496. The number of ether oxygens (including phenoxy) is 1. The van der Waals surface area contributed by atoms with Gasteiger partial charge in [-0.15, -0.1) is 0 Å². The van der Waals surface area contributed by atoms with E-state index in [0.717, 1.165) is 0 Å². The monoisotopic (exact) mass is 421 g/mol. The molecule has 1 rings (SSSR count). The number of carboxylic acids is 1. The number of rotatable bonds is 6. The number of hydrogen-bond acceptors (Lipinski definition) is 4. The van der Waals surface area contributed by atoms with E-state index in [4.69, 9.17) is 5.11 Å². The standard InChI is InChI=1S/C13H13Br2NO5/c1-21-13(20)8-5-7(14)6-9(15)12(8)16-10(17)3-2-4-11(18)19/h5-6H,2-4H2,1H3,(H,16,17)(H,18,19). The first-order valence-electron chi connectivity index (χ1n) is 5.94. The second-order valence-corrected chi connectivity index (χ2v) is 5.87. The molecule has 0 fully saturated rings. The number of hydrogen-bond donors (Lipinski definition) is 2. The summed E-state index contributed by atoms with van der Waals surface area (Å²) in [6.45, 7) is 0. The number of carboxylic acid groups (broad SMARTS) is 1. The molecular formula is C13H13Br2NO5. The second-order valence-electron chi connectivity index (χ2n) is 4.10. The Hall–Kier alpha value is -1.41. The molecule has 0 atom stereocenters. The summed E-state index contributed by atoms with van der Waals surface area (Å²) in [7, 11) is 1.25. The molecule has 0 spiro atoms. The molecule has 114 valence electrons. The Bertz CT molecular complexity index is 574. The Morgan fingerprint density at radius 3 is 2.48 bits per heavy atom. The maximum atomic E-state index is 11.8. The zero-order valence-electron chi connectivity index (χ0n) is 11.1. The van der Waals surface area contributed by atoms with Gasteiger partial charge in [-0.3, -0.25) is 9.59 Å². The summed E-state index contributed by atoms with van der Waals surface area (Å²) in [6.07, 6.45) is 0.192. The average Bonchev–Trinajstić information content (AvgIpc) is 2.40. The molecule has 0 saturated carbocycles. The van der Waals surface area contributed by atoms with Crippen molar-refractivity contribution in [3.63, 3.8) is 0 Å². The van der Waals surface area contributed by atoms with E-state index in [9.17, 15) is 14.4 Å². The highest BCUT2D eigenvalue weighted by atomic mass is 79.9. The molecule has 6 nitrogen and oxygen atoms in total. The van der Waals surface area contributed by atoms with Gasteiger partial charge in [0.25, 0.3) is 0 Å². The number of benzene rings is 1. The molecule has 2 N–H and O–H groups in total. The fourth-order valence-electron chi connectivity index (χ4n) is 1.57. The fourth-order valence-corrected chi connectivity index (χ4v) is 2.90. The lowest BCUT2D eigenvalue weighted by molar-refractivity contribution is -0.137. The van der Waals surface area contributed by atoms with Crippen molar-refractivity contribution < 1.29 is 24.2 Å². The van der Waals surface area contributed by atoms with Crippen molar-refractivity contribution in [2.45, 2.75) is 19.3 Å². The zero-order chi connectivity index (χ0) is 16.0. The number of methoxy groups -OCH3 is 1. The topological polar surface area (TPSA) is 92.7 Å². The van der Waals surface area contributed by atoms with Crippen LogP contribution in [0, 0.1) is 0 Å².